The molecule has 0 bridgehead atoms. The van der Waals surface area contributed by atoms with Crippen LogP contribution in [0, 0.1) is 11.3 Å². The molecule has 22 heavy (non-hydrogen) atoms. The summed E-state index contributed by atoms with van der Waals surface area (Å²) in [6, 6.07) is 13.3. The summed E-state index contributed by atoms with van der Waals surface area (Å²) in [7, 11) is 0. The monoisotopic (exact) mass is 293 g/mol. The maximum absolute atomic E-state index is 9.44. The molecule has 0 saturated carbocycles. The first-order chi connectivity index (χ1) is 10.8. The third kappa shape index (κ3) is 2.11. The van der Waals surface area contributed by atoms with E-state index in [4.69, 9.17) is 18.9 Å². The Morgan fingerprint density at radius 1 is 0.864 bits per heavy atom. The Morgan fingerprint density at radius 2 is 1.50 bits per heavy atom. The maximum atomic E-state index is 9.44. The fourth-order valence-electron chi connectivity index (χ4n) is 2.41. The summed E-state index contributed by atoms with van der Waals surface area (Å²) in [4.78, 5) is 0. The van der Waals surface area contributed by atoms with E-state index in [0.717, 1.165) is 16.9 Å². The highest BCUT2D eigenvalue weighted by atomic mass is 16.7. The van der Waals surface area contributed by atoms with Crippen molar-refractivity contribution in [3.8, 4) is 29.1 Å². The lowest BCUT2D eigenvalue weighted by molar-refractivity contribution is 0.173. The fraction of sp³-hybridized carbons (Fsp3) is 0.118. The van der Waals surface area contributed by atoms with Crippen LogP contribution in [0.4, 0.5) is 0 Å². The molecule has 2 heterocycles. The minimum Gasteiger partial charge on any atom is -0.454 e. The van der Waals surface area contributed by atoms with Gasteiger partial charge >= 0.3 is 0 Å². The second-order valence-electron chi connectivity index (χ2n) is 4.85. The van der Waals surface area contributed by atoms with Gasteiger partial charge in [0.05, 0.1) is 11.6 Å². The molecule has 0 spiro atoms. The highest BCUT2D eigenvalue weighted by Crippen LogP contribution is 2.36. The van der Waals surface area contributed by atoms with Crippen molar-refractivity contribution >= 4 is 11.6 Å². The molecule has 5 nitrogen and oxygen atoms in total. The first-order valence-electron chi connectivity index (χ1n) is 6.75. The molecule has 0 N–H and O–H groups in total. The third-order valence-corrected chi connectivity index (χ3v) is 3.51. The molecule has 0 aliphatic carbocycles. The summed E-state index contributed by atoms with van der Waals surface area (Å²) in [5.41, 5.74) is 2.19. The zero-order valence-corrected chi connectivity index (χ0v) is 11.5. The second kappa shape index (κ2) is 5.01. The van der Waals surface area contributed by atoms with Gasteiger partial charge in [0.2, 0.25) is 13.6 Å². The molecule has 4 rings (SSSR count). The van der Waals surface area contributed by atoms with E-state index < -0.39 is 0 Å². The van der Waals surface area contributed by atoms with E-state index in [0.29, 0.717) is 22.8 Å². The molecule has 2 aliphatic rings. The Hall–Kier alpha value is -3.13. The van der Waals surface area contributed by atoms with E-state index in [1.807, 2.05) is 36.4 Å². The van der Waals surface area contributed by atoms with Gasteiger partial charge in [-0.05, 0) is 47.5 Å². The Morgan fingerprint density at radius 3 is 2.23 bits per heavy atom. The van der Waals surface area contributed by atoms with Gasteiger partial charge in [0.25, 0.3) is 0 Å². The minimum atomic E-state index is 0.215. The van der Waals surface area contributed by atoms with Gasteiger partial charge in [0.1, 0.15) is 0 Å². The average molecular weight is 293 g/mol. The maximum Gasteiger partial charge on any atom is 0.231 e. The summed E-state index contributed by atoms with van der Waals surface area (Å²) in [5.74, 6) is 2.77. The Kier molecular flexibility index (Phi) is 2.87. The molecular formula is C17H11NO4. The number of hydrogen-bond donors (Lipinski definition) is 0. The molecule has 0 amide bonds. The lowest BCUT2D eigenvalue weighted by Crippen LogP contribution is -1.92. The summed E-state index contributed by atoms with van der Waals surface area (Å²) in [6.45, 7) is 0.447. The highest BCUT2D eigenvalue weighted by molar-refractivity contribution is 5.90. The molecule has 108 valence electrons. The first-order valence-corrected chi connectivity index (χ1v) is 6.75. The first kappa shape index (κ1) is 12.6. The molecule has 0 unspecified atom stereocenters. The number of fused-ring (bicyclic) bond motifs is 2. The molecule has 2 aromatic carbocycles. The van der Waals surface area contributed by atoms with Crippen molar-refractivity contribution in [2.45, 2.75) is 0 Å². The van der Waals surface area contributed by atoms with E-state index in [1.54, 1.807) is 6.08 Å². The summed E-state index contributed by atoms with van der Waals surface area (Å²) < 4.78 is 21.3. The van der Waals surface area contributed by atoms with E-state index in [-0.39, 0.29) is 13.6 Å². The lowest BCUT2D eigenvalue weighted by Gasteiger charge is -2.03. The smallest absolute Gasteiger partial charge is 0.231 e. The molecule has 0 radical (unpaired) electrons. The summed E-state index contributed by atoms with van der Waals surface area (Å²) >= 11 is 0. The Balaban J connectivity index is 1.71. The van der Waals surface area contributed by atoms with Gasteiger partial charge in [-0.1, -0.05) is 6.07 Å². The van der Waals surface area contributed by atoms with Gasteiger partial charge in [0.15, 0.2) is 23.0 Å². The van der Waals surface area contributed by atoms with Crippen molar-refractivity contribution in [3.63, 3.8) is 0 Å². The molecular weight excluding hydrogens is 282 g/mol. The minimum absolute atomic E-state index is 0.215. The summed E-state index contributed by atoms with van der Waals surface area (Å²) in [6.07, 6.45) is 1.81. The van der Waals surface area contributed by atoms with Gasteiger partial charge in [-0.25, -0.2) is 0 Å². The number of allylic oxidation sites excluding steroid dienone is 1. The van der Waals surface area contributed by atoms with Crippen LogP contribution in [0.25, 0.3) is 11.6 Å². The number of benzene rings is 2. The number of nitriles is 1. The standard InChI is InChI=1S/C17H11NO4/c18-8-13(12-2-4-15-17(7-12)22-10-20-15)5-11-1-3-14-16(6-11)21-9-19-14/h1-7H,9-10H2. The number of ether oxygens (including phenoxy) is 4. The third-order valence-electron chi connectivity index (χ3n) is 3.51. The van der Waals surface area contributed by atoms with Crippen molar-refractivity contribution in [2.75, 3.05) is 13.6 Å². The molecule has 0 saturated heterocycles. The lowest BCUT2D eigenvalue weighted by atomic mass is 10.0. The van der Waals surface area contributed by atoms with Crippen molar-refractivity contribution in [2.24, 2.45) is 0 Å². The molecule has 5 heteroatoms. The van der Waals surface area contributed by atoms with Crippen LogP contribution in [0.15, 0.2) is 36.4 Å². The number of hydrogen-bond acceptors (Lipinski definition) is 5. The van der Waals surface area contributed by atoms with Crippen LogP contribution in [0.5, 0.6) is 23.0 Å². The van der Waals surface area contributed by atoms with Crippen molar-refractivity contribution < 1.29 is 18.9 Å². The van der Waals surface area contributed by atoms with Crippen molar-refractivity contribution in [1.29, 1.82) is 5.26 Å². The van der Waals surface area contributed by atoms with Crippen LogP contribution in [0.3, 0.4) is 0 Å². The van der Waals surface area contributed by atoms with E-state index >= 15 is 0 Å². The SMILES string of the molecule is N#CC(=Cc1ccc2c(c1)OCO2)c1ccc2c(c1)OCO2. The Labute approximate surface area is 126 Å². The van der Waals surface area contributed by atoms with Crippen LogP contribution in [-0.4, -0.2) is 13.6 Å². The van der Waals surface area contributed by atoms with Gasteiger partial charge in [-0.3, -0.25) is 0 Å². The molecule has 0 fully saturated rings. The topological polar surface area (TPSA) is 60.7 Å². The largest absolute Gasteiger partial charge is 0.454 e. The Bertz CT molecular complexity index is 820. The predicted molar refractivity (Wildman–Crippen MR) is 78.6 cm³/mol. The van der Waals surface area contributed by atoms with E-state index in [1.165, 1.54) is 0 Å². The van der Waals surface area contributed by atoms with Crippen LogP contribution in [0.2, 0.25) is 0 Å². The zero-order chi connectivity index (χ0) is 14.9. The predicted octanol–water partition coefficient (Wildman–Crippen LogP) is 3.21. The zero-order valence-electron chi connectivity index (χ0n) is 11.5. The highest BCUT2D eigenvalue weighted by Gasteiger charge is 2.16. The van der Waals surface area contributed by atoms with Gasteiger partial charge in [0, 0.05) is 0 Å². The molecule has 2 aromatic rings. The van der Waals surface area contributed by atoms with Crippen LogP contribution >= 0.6 is 0 Å². The van der Waals surface area contributed by atoms with Crippen molar-refractivity contribution in [3.05, 3.63) is 47.5 Å². The van der Waals surface area contributed by atoms with Gasteiger partial charge in [-0.15, -0.1) is 0 Å². The van der Waals surface area contributed by atoms with E-state index in [2.05, 4.69) is 6.07 Å². The molecule has 2 aliphatic heterocycles. The average Bonchev–Trinajstić information content (AvgIpc) is 3.19. The van der Waals surface area contributed by atoms with E-state index in [9.17, 15) is 5.26 Å². The summed E-state index contributed by atoms with van der Waals surface area (Å²) in [5, 5.41) is 9.44. The van der Waals surface area contributed by atoms with Crippen molar-refractivity contribution in [1.82, 2.24) is 0 Å². The fourth-order valence-corrected chi connectivity index (χ4v) is 2.41. The molecule has 0 atom stereocenters. The number of nitrogens with zero attached hydrogens (tertiary/aromatic N) is 1. The number of rotatable bonds is 2. The van der Waals surface area contributed by atoms with Crippen LogP contribution in [0.1, 0.15) is 11.1 Å². The second-order valence-corrected chi connectivity index (χ2v) is 4.85. The molecule has 0 aromatic heterocycles. The van der Waals surface area contributed by atoms with Crippen LogP contribution in [-0.2, 0) is 0 Å². The van der Waals surface area contributed by atoms with Gasteiger partial charge in [-0.2, -0.15) is 5.26 Å². The normalized spacial score (nSPS) is 14.8. The van der Waals surface area contributed by atoms with Gasteiger partial charge < -0.3 is 18.9 Å². The quantitative estimate of drug-likeness (QED) is 0.628. The van der Waals surface area contributed by atoms with Crippen LogP contribution < -0.4 is 18.9 Å².